The Bertz CT molecular complexity index is 595. The van der Waals surface area contributed by atoms with Crippen molar-refractivity contribution in [3.05, 3.63) is 24.3 Å². The van der Waals surface area contributed by atoms with Gasteiger partial charge in [0, 0.05) is 23.8 Å². The van der Waals surface area contributed by atoms with Gasteiger partial charge in [-0.3, -0.25) is 9.59 Å². The molecular weight excluding hydrogens is 335 g/mol. The largest absolute Gasteiger partial charge is 0.326 e. The van der Waals surface area contributed by atoms with E-state index in [1.54, 1.807) is 4.90 Å². The van der Waals surface area contributed by atoms with Gasteiger partial charge >= 0.3 is 0 Å². The molecular formula is C17H20Cl2N2O2. The number of carbonyl (C=O) groups excluding carboxylic acids is 2. The summed E-state index contributed by atoms with van der Waals surface area (Å²) < 4.78 is -1.34. The zero-order chi connectivity index (χ0) is 16.4. The van der Waals surface area contributed by atoms with Crippen LogP contribution in [0.3, 0.4) is 0 Å². The van der Waals surface area contributed by atoms with Gasteiger partial charge in [0.05, 0.1) is 0 Å². The van der Waals surface area contributed by atoms with Gasteiger partial charge in [0.2, 0.25) is 5.91 Å². The Balaban J connectivity index is 1.67. The van der Waals surface area contributed by atoms with Gasteiger partial charge in [0.15, 0.2) is 4.33 Å². The molecule has 124 valence electrons. The van der Waals surface area contributed by atoms with Crippen LogP contribution < -0.4 is 10.2 Å². The van der Waals surface area contributed by atoms with Crippen LogP contribution in [0.1, 0.15) is 38.5 Å². The first-order valence-corrected chi connectivity index (χ1v) is 8.84. The molecule has 0 spiro atoms. The molecule has 1 heterocycles. The highest BCUT2D eigenvalue weighted by Crippen LogP contribution is 2.35. The maximum Gasteiger partial charge on any atom is 0.263 e. The second kappa shape index (κ2) is 6.70. The molecule has 4 nitrogen and oxygen atoms in total. The average Bonchev–Trinajstić information content (AvgIpc) is 3.05. The van der Waals surface area contributed by atoms with Crippen molar-refractivity contribution in [3.8, 4) is 0 Å². The molecule has 2 amide bonds. The fourth-order valence-corrected chi connectivity index (χ4v) is 3.74. The number of anilines is 2. The lowest BCUT2D eigenvalue weighted by atomic mass is 10.1. The highest BCUT2D eigenvalue weighted by Gasteiger charge is 2.41. The second-order valence-electron chi connectivity index (χ2n) is 6.28. The topological polar surface area (TPSA) is 49.4 Å². The maximum absolute atomic E-state index is 12.3. The fourth-order valence-electron chi connectivity index (χ4n) is 3.27. The van der Waals surface area contributed by atoms with E-state index in [1.807, 2.05) is 24.3 Å². The average molecular weight is 355 g/mol. The zero-order valence-corrected chi connectivity index (χ0v) is 14.4. The number of rotatable bonds is 3. The molecule has 0 bridgehead atoms. The van der Waals surface area contributed by atoms with E-state index in [-0.39, 0.29) is 17.7 Å². The fraction of sp³-hybridized carbons (Fsp3) is 0.529. The van der Waals surface area contributed by atoms with Crippen LogP contribution in [0.15, 0.2) is 24.3 Å². The molecule has 23 heavy (non-hydrogen) atoms. The Hall–Kier alpha value is -1.26. The summed E-state index contributed by atoms with van der Waals surface area (Å²) in [6, 6.07) is 7.26. The van der Waals surface area contributed by atoms with E-state index in [1.165, 1.54) is 0 Å². The van der Waals surface area contributed by atoms with Crippen LogP contribution in [-0.4, -0.2) is 22.7 Å². The molecule has 0 unspecified atom stereocenters. The summed E-state index contributed by atoms with van der Waals surface area (Å²) >= 11 is 12.1. The molecule has 1 saturated heterocycles. The predicted octanol–water partition coefficient (Wildman–Crippen LogP) is 4.12. The van der Waals surface area contributed by atoms with Crippen LogP contribution in [0.2, 0.25) is 0 Å². The number of alkyl halides is 2. The van der Waals surface area contributed by atoms with Crippen molar-refractivity contribution >= 4 is 46.4 Å². The van der Waals surface area contributed by atoms with E-state index in [0.717, 1.165) is 43.5 Å². The van der Waals surface area contributed by atoms with Crippen LogP contribution in [-0.2, 0) is 9.59 Å². The lowest BCUT2D eigenvalue weighted by molar-refractivity contribution is -0.120. The second-order valence-corrected chi connectivity index (χ2v) is 7.77. The smallest absolute Gasteiger partial charge is 0.263 e. The molecule has 1 aromatic carbocycles. The van der Waals surface area contributed by atoms with E-state index in [9.17, 15) is 9.59 Å². The van der Waals surface area contributed by atoms with Crippen LogP contribution >= 0.6 is 23.2 Å². The van der Waals surface area contributed by atoms with Gasteiger partial charge in [0.25, 0.3) is 5.91 Å². The Labute approximate surface area is 146 Å². The number of nitrogens with one attached hydrogen (secondary N) is 1. The minimum atomic E-state index is -1.34. The van der Waals surface area contributed by atoms with Crippen molar-refractivity contribution in [1.29, 1.82) is 0 Å². The summed E-state index contributed by atoms with van der Waals surface area (Å²) in [5.74, 6) is -0.0638. The summed E-state index contributed by atoms with van der Waals surface area (Å²) in [7, 11) is 0. The number of piperidine rings is 1. The van der Waals surface area contributed by atoms with E-state index in [0.29, 0.717) is 13.0 Å². The van der Waals surface area contributed by atoms with E-state index in [2.05, 4.69) is 5.32 Å². The molecule has 1 aromatic rings. The molecule has 2 aliphatic rings. The molecule has 6 heteroatoms. The lowest BCUT2D eigenvalue weighted by Gasteiger charge is -2.34. The van der Waals surface area contributed by atoms with Crippen LogP contribution in [0.25, 0.3) is 0 Å². The Morgan fingerprint density at radius 2 is 1.78 bits per heavy atom. The molecule has 0 radical (unpaired) electrons. The molecule has 2 fully saturated rings. The number of nitrogens with zero attached hydrogens (tertiary/aromatic N) is 1. The van der Waals surface area contributed by atoms with Crippen molar-refractivity contribution in [3.63, 3.8) is 0 Å². The molecule has 1 aliphatic carbocycles. The number of benzene rings is 1. The quantitative estimate of drug-likeness (QED) is 0.830. The van der Waals surface area contributed by atoms with Crippen molar-refractivity contribution in [2.75, 3.05) is 16.8 Å². The van der Waals surface area contributed by atoms with Gasteiger partial charge in [-0.15, -0.1) is 0 Å². The van der Waals surface area contributed by atoms with Gasteiger partial charge in [-0.25, -0.2) is 0 Å². The number of carbonyl (C=O) groups is 2. The molecule has 1 saturated carbocycles. The van der Waals surface area contributed by atoms with E-state index >= 15 is 0 Å². The standard InChI is InChI=1S/C17H20Cl2N2O2/c18-17(19)10-3-11-21(16(17)23)14-8-6-13(7-9-14)20-15(22)12-4-1-2-5-12/h6-9,12H,1-5,10-11H2,(H,20,22). The van der Waals surface area contributed by atoms with E-state index in [4.69, 9.17) is 23.2 Å². The minimum absolute atomic E-state index is 0.0878. The van der Waals surface area contributed by atoms with Gasteiger partial charge in [-0.2, -0.15) is 0 Å². The first-order valence-electron chi connectivity index (χ1n) is 8.08. The van der Waals surface area contributed by atoms with Crippen LogP contribution in [0.4, 0.5) is 11.4 Å². The SMILES string of the molecule is O=C(Nc1ccc(N2CCCC(Cl)(Cl)C2=O)cc1)C1CCCC1. The van der Waals surface area contributed by atoms with Crippen molar-refractivity contribution in [1.82, 2.24) is 0 Å². The van der Waals surface area contributed by atoms with E-state index < -0.39 is 4.33 Å². The van der Waals surface area contributed by atoms with Gasteiger partial charge in [0.1, 0.15) is 0 Å². The first kappa shape index (κ1) is 16.6. The number of amides is 2. The number of hydrogen-bond donors (Lipinski definition) is 1. The Morgan fingerprint density at radius 1 is 1.13 bits per heavy atom. The van der Waals surface area contributed by atoms with Gasteiger partial charge in [-0.1, -0.05) is 36.0 Å². The third-order valence-electron chi connectivity index (χ3n) is 4.60. The van der Waals surface area contributed by atoms with Crippen molar-refractivity contribution < 1.29 is 9.59 Å². The molecule has 1 N–H and O–H groups in total. The predicted molar refractivity (Wildman–Crippen MR) is 93.1 cm³/mol. The van der Waals surface area contributed by atoms with Crippen LogP contribution in [0, 0.1) is 5.92 Å². The Kier molecular flexibility index (Phi) is 4.83. The summed E-state index contributed by atoms with van der Waals surface area (Å²) in [6.45, 7) is 0.605. The first-order chi connectivity index (χ1) is 11.0. The van der Waals surface area contributed by atoms with Crippen LogP contribution in [0.5, 0.6) is 0 Å². The van der Waals surface area contributed by atoms with Gasteiger partial charge in [-0.05, 0) is 49.9 Å². The molecule has 0 aromatic heterocycles. The zero-order valence-electron chi connectivity index (χ0n) is 12.9. The summed E-state index contributed by atoms with van der Waals surface area (Å²) in [6.07, 6.45) is 5.44. The highest BCUT2D eigenvalue weighted by molar-refractivity contribution is 6.59. The third kappa shape index (κ3) is 3.64. The molecule has 1 aliphatic heterocycles. The lowest BCUT2D eigenvalue weighted by Crippen LogP contribution is -2.47. The summed E-state index contributed by atoms with van der Waals surface area (Å²) in [5.41, 5.74) is 1.50. The summed E-state index contributed by atoms with van der Waals surface area (Å²) in [4.78, 5) is 26.0. The minimum Gasteiger partial charge on any atom is -0.326 e. The molecule has 0 atom stereocenters. The monoisotopic (exact) mass is 354 g/mol. The van der Waals surface area contributed by atoms with Crippen molar-refractivity contribution in [2.45, 2.75) is 42.9 Å². The highest BCUT2D eigenvalue weighted by atomic mass is 35.5. The molecule has 3 rings (SSSR count). The Morgan fingerprint density at radius 3 is 2.43 bits per heavy atom. The number of halogens is 2. The summed E-state index contributed by atoms with van der Waals surface area (Å²) in [5, 5.41) is 2.95. The third-order valence-corrected chi connectivity index (χ3v) is 5.30. The normalized spacial score (nSPS) is 21.5. The number of hydrogen-bond acceptors (Lipinski definition) is 2. The maximum atomic E-state index is 12.3. The van der Waals surface area contributed by atoms with Gasteiger partial charge < -0.3 is 10.2 Å². The van der Waals surface area contributed by atoms with Crippen molar-refractivity contribution in [2.24, 2.45) is 5.92 Å².